The Morgan fingerprint density at radius 3 is 2.33 bits per heavy atom. The number of aryl methyl sites for hydroxylation is 1. The summed E-state index contributed by atoms with van der Waals surface area (Å²) >= 11 is 0. The third-order valence-corrected chi connectivity index (χ3v) is 7.00. The number of hydrogen-bond donors (Lipinski definition) is 1. The molecule has 0 radical (unpaired) electrons. The number of rotatable bonds is 10. The van der Waals surface area contributed by atoms with E-state index in [0.29, 0.717) is 36.5 Å². The first kappa shape index (κ1) is 27.2. The van der Waals surface area contributed by atoms with Gasteiger partial charge >= 0.3 is 5.69 Å². The predicted molar refractivity (Wildman–Crippen MR) is 153 cm³/mol. The highest BCUT2D eigenvalue weighted by Gasteiger charge is 2.24. The fraction of sp³-hybridized carbons (Fsp3) is 0.379. The lowest BCUT2D eigenvalue weighted by Crippen LogP contribution is -2.42. The van der Waals surface area contributed by atoms with Crippen molar-refractivity contribution in [3.63, 3.8) is 0 Å². The number of aromatic amines is 1. The Hall–Kier alpha value is -4.38. The van der Waals surface area contributed by atoms with Crippen molar-refractivity contribution in [3.8, 4) is 22.5 Å². The molecule has 0 aliphatic rings. The van der Waals surface area contributed by atoms with Crippen LogP contribution in [0, 0.1) is 5.92 Å². The topological polar surface area (TPSA) is 126 Å². The number of fused-ring (bicyclic) bond motifs is 1. The van der Waals surface area contributed by atoms with Crippen LogP contribution in [-0.4, -0.2) is 46.4 Å². The van der Waals surface area contributed by atoms with E-state index in [1.54, 1.807) is 14.0 Å². The number of benzene rings is 2. The number of methoxy groups -OCH3 is 1. The highest BCUT2D eigenvalue weighted by atomic mass is 16.5. The average Bonchev–Trinajstić information content (AvgIpc) is 3.61. The lowest BCUT2D eigenvalue weighted by Gasteiger charge is -2.18. The van der Waals surface area contributed by atoms with Crippen LogP contribution in [0.1, 0.15) is 51.7 Å². The molecule has 2 aromatic carbocycles. The molecule has 40 heavy (non-hydrogen) atoms. The summed E-state index contributed by atoms with van der Waals surface area (Å²) < 4.78 is 10.3. The highest BCUT2D eigenvalue weighted by Crippen LogP contribution is 2.30. The van der Waals surface area contributed by atoms with Crippen molar-refractivity contribution in [2.24, 2.45) is 5.92 Å². The number of nitrogens with zero attached hydrogens (tertiary/aromatic N) is 7. The van der Waals surface area contributed by atoms with E-state index in [1.165, 1.54) is 9.13 Å². The molecule has 5 rings (SSSR count). The molecule has 11 heteroatoms. The third-order valence-electron chi connectivity index (χ3n) is 7.00. The molecule has 3 aromatic heterocycles. The number of aromatic nitrogens is 8. The van der Waals surface area contributed by atoms with Crippen molar-refractivity contribution in [3.05, 3.63) is 80.8 Å². The lowest BCUT2D eigenvalue weighted by molar-refractivity contribution is 0.0583. The molecule has 0 aliphatic carbocycles. The summed E-state index contributed by atoms with van der Waals surface area (Å²) in [6.07, 6.45) is 0.940. The van der Waals surface area contributed by atoms with Crippen molar-refractivity contribution in [2.75, 3.05) is 7.11 Å². The van der Waals surface area contributed by atoms with Crippen molar-refractivity contribution < 1.29 is 4.74 Å². The van der Waals surface area contributed by atoms with E-state index in [2.05, 4.69) is 39.7 Å². The SMILES string of the molecule is CCCc1nc2c(c(=O)n(CC(C)C)c(=O)n2C(C)OC)n1Cc1ccc(-c2ccccc2-c2nnn[nH]2)cc1. The van der Waals surface area contributed by atoms with Gasteiger partial charge in [-0.25, -0.2) is 19.4 Å². The molecule has 0 bridgehead atoms. The monoisotopic (exact) mass is 542 g/mol. The van der Waals surface area contributed by atoms with Gasteiger partial charge in [-0.1, -0.05) is 69.3 Å². The van der Waals surface area contributed by atoms with Gasteiger partial charge in [-0.3, -0.25) is 9.36 Å². The normalized spacial score (nSPS) is 12.4. The van der Waals surface area contributed by atoms with Crippen LogP contribution < -0.4 is 11.2 Å². The number of tetrazole rings is 1. The summed E-state index contributed by atoms with van der Waals surface area (Å²) in [5.41, 5.74) is 3.98. The van der Waals surface area contributed by atoms with Gasteiger partial charge in [0.05, 0.1) is 0 Å². The van der Waals surface area contributed by atoms with Crippen molar-refractivity contribution in [1.82, 2.24) is 39.3 Å². The van der Waals surface area contributed by atoms with E-state index in [1.807, 2.05) is 54.8 Å². The van der Waals surface area contributed by atoms with Crippen LogP contribution in [0.15, 0.2) is 58.1 Å². The Balaban J connectivity index is 1.61. The fourth-order valence-corrected chi connectivity index (χ4v) is 5.03. The second-order valence-corrected chi connectivity index (χ2v) is 10.3. The summed E-state index contributed by atoms with van der Waals surface area (Å²) in [5.74, 6) is 1.48. The molecular formula is C29H34N8O3. The van der Waals surface area contributed by atoms with Gasteiger partial charge in [0.1, 0.15) is 12.1 Å². The van der Waals surface area contributed by atoms with Crippen LogP contribution in [0.25, 0.3) is 33.7 Å². The van der Waals surface area contributed by atoms with Gasteiger partial charge in [0.2, 0.25) is 0 Å². The van der Waals surface area contributed by atoms with E-state index < -0.39 is 11.9 Å². The van der Waals surface area contributed by atoms with Gasteiger partial charge in [-0.05, 0) is 46.4 Å². The molecule has 11 nitrogen and oxygen atoms in total. The third kappa shape index (κ3) is 5.00. The maximum Gasteiger partial charge on any atom is 0.334 e. The Bertz CT molecular complexity index is 1730. The zero-order valence-electron chi connectivity index (χ0n) is 23.5. The van der Waals surface area contributed by atoms with E-state index in [9.17, 15) is 9.59 Å². The molecule has 208 valence electrons. The standard InChI is InChI=1S/C29H34N8O3/c1-6-9-24-30-27-25(28(38)36(16-18(2)3)29(39)37(27)19(4)40-5)35(24)17-20-12-14-21(15-13-20)22-10-7-8-11-23(22)26-31-33-34-32-26/h7-8,10-15,18-19H,6,9,16-17H2,1-5H3,(H,31,32,33,34). The summed E-state index contributed by atoms with van der Waals surface area (Å²) in [7, 11) is 1.55. The Kier molecular flexibility index (Phi) is 7.74. The molecule has 3 heterocycles. The minimum absolute atomic E-state index is 0.115. The summed E-state index contributed by atoms with van der Waals surface area (Å²) in [4.78, 5) is 32.1. The summed E-state index contributed by atoms with van der Waals surface area (Å²) in [6, 6.07) is 16.1. The highest BCUT2D eigenvalue weighted by molar-refractivity contribution is 5.80. The number of imidazole rings is 1. The molecule has 1 unspecified atom stereocenters. The molecule has 0 saturated heterocycles. The van der Waals surface area contributed by atoms with Gasteiger partial charge in [-0.15, -0.1) is 5.10 Å². The summed E-state index contributed by atoms with van der Waals surface area (Å²) in [5, 5.41) is 14.3. The van der Waals surface area contributed by atoms with Crippen LogP contribution in [0.3, 0.4) is 0 Å². The zero-order chi connectivity index (χ0) is 28.4. The first-order valence-corrected chi connectivity index (χ1v) is 13.5. The first-order valence-electron chi connectivity index (χ1n) is 13.5. The predicted octanol–water partition coefficient (Wildman–Crippen LogP) is 4.03. The quantitative estimate of drug-likeness (QED) is 0.282. The minimum Gasteiger partial charge on any atom is -0.361 e. The average molecular weight is 543 g/mol. The molecule has 0 fully saturated rings. The number of hydrogen-bond acceptors (Lipinski definition) is 7. The molecule has 5 aromatic rings. The van der Waals surface area contributed by atoms with E-state index in [-0.39, 0.29) is 11.5 Å². The smallest absolute Gasteiger partial charge is 0.334 e. The maximum atomic E-state index is 13.8. The Labute approximate surface area is 231 Å². The molecule has 1 N–H and O–H groups in total. The molecule has 0 spiro atoms. The summed E-state index contributed by atoms with van der Waals surface area (Å²) in [6.45, 7) is 8.58. The van der Waals surface area contributed by atoms with Gasteiger partial charge in [0.15, 0.2) is 17.0 Å². The maximum absolute atomic E-state index is 13.8. The van der Waals surface area contributed by atoms with Gasteiger partial charge in [0.25, 0.3) is 5.56 Å². The Morgan fingerprint density at radius 2 is 1.70 bits per heavy atom. The molecule has 1 atom stereocenters. The van der Waals surface area contributed by atoms with Gasteiger partial charge in [-0.2, -0.15) is 0 Å². The lowest BCUT2D eigenvalue weighted by atomic mass is 9.98. The molecule has 0 saturated carbocycles. The van der Waals surface area contributed by atoms with E-state index in [0.717, 1.165) is 34.5 Å². The molecular weight excluding hydrogens is 508 g/mol. The zero-order valence-corrected chi connectivity index (χ0v) is 23.5. The van der Waals surface area contributed by atoms with Crippen molar-refractivity contribution >= 4 is 11.2 Å². The minimum atomic E-state index is -0.578. The molecule has 0 aliphatic heterocycles. The number of ether oxygens (including phenoxy) is 1. The van der Waals surface area contributed by atoms with Crippen LogP contribution in [0.4, 0.5) is 0 Å². The van der Waals surface area contributed by atoms with E-state index >= 15 is 0 Å². The second-order valence-electron chi connectivity index (χ2n) is 10.3. The van der Waals surface area contributed by atoms with Crippen molar-refractivity contribution in [2.45, 2.75) is 59.9 Å². The molecule has 0 amide bonds. The van der Waals surface area contributed by atoms with Crippen LogP contribution in [0.2, 0.25) is 0 Å². The van der Waals surface area contributed by atoms with Gasteiger partial charge < -0.3 is 9.30 Å². The van der Waals surface area contributed by atoms with Gasteiger partial charge in [0, 0.05) is 32.2 Å². The number of nitrogens with one attached hydrogen (secondary N) is 1. The van der Waals surface area contributed by atoms with E-state index in [4.69, 9.17) is 9.72 Å². The Morgan fingerprint density at radius 1 is 0.975 bits per heavy atom. The largest absolute Gasteiger partial charge is 0.361 e. The first-order chi connectivity index (χ1) is 19.3. The van der Waals surface area contributed by atoms with Crippen LogP contribution >= 0.6 is 0 Å². The van der Waals surface area contributed by atoms with Crippen LogP contribution in [0.5, 0.6) is 0 Å². The van der Waals surface area contributed by atoms with Crippen LogP contribution in [-0.2, 0) is 24.2 Å². The second kappa shape index (κ2) is 11.4. The van der Waals surface area contributed by atoms with Crippen molar-refractivity contribution in [1.29, 1.82) is 0 Å². The fourth-order valence-electron chi connectivity index (χ4n) is 5.03. The number of H-pyrrole nitrogens is 1.